The predicted octanol–water partition coefficient (Wildman–Crippen LogP) is 2.06. The Morgan fingerprint density at radius 1 is 1.11 bits per heavy atom. The first-order valence-corrected chi connectivity index (χ1v) is 13.5. The van der Waals surface area contributed by atoms with Crippen LogP contribution in [0, 0.1) is 11.8 Å². The van der Waals surface area contributed by atoms with E-state index in [-0.39, 0.29) is 48.6 Å². The van der Waals surface area contributed by atoms with Gasteiger partial charge in [-0.15, -0.1) is 0 Å². The maximum atomic E-state index is 13.0. The van der Waals surface area contributed by atoms with Crippen LogP contribution in [0.3, 0.4) is 0 Å². The van der Waals surface area contributed by atoms with Gasteiger partial charge in [0.25, 0.3) is 0 Å². The Bertz CT molecular complexity index is 829. The Kier molecular flexibility index (Phi) is 9.66. The molecule has 3 saturated heterocycles. The molecule has 0 aromatic carbocycles. The van der Waals surface area contributed by atoms with Gasteiger partial charge in [0.2, 0.25) is 11.8 Å². The number of aliphatic hydroxyl groups is 1. The summed E-state index contributed by atoms with van der Waals surface area (Å²) >= 11 is 0. The van der Waals surface area contributed by atoms with Gasteiger partial charge < -0.3 is 35.4 Å². The van der Waals surface area contributed by atoms with Gasteiger partial charge in [0, 0.05) is 37.4 Å². The molecular weight excluding hydrogens is 480 g/mol. The van der Waals surface area contributed by atoms with Gasteiger partial charge in [-0.05, 0) is 58.8 Å². The monoisotopic (exact) mass is 524 g/mol. The number of ether oxygens (including phenoxy) is 2. The number of nitrogens with one attached hydrogen (secondary N) is 3. The van der Waals surface area contributed by atoms with E-state index in [1.165, 1.54) is 0 Å². The molecule has 0 aromatic heterocycles. The molecule has 0 spiro atoms. The highest BCUT2D eigenvalue weighted by atomic mass is 16.6. The first-order valence-electron chi connectivity index (χ1n) is 13.5. The Morgan fingerprint density at radius 2 is 1.76 bits per heavy atom. The molecule has 2 bridgehead atoms. The number of aliphatic hydroxyl groups excluding tert-OH is 1. The molecule has 3 aliphatic heterocycles. The minimum Gasteiger partial charge on any atom is -0.446 e. The smallest absolute Gasteiger partial charge is 0.410 e. The Hall–Kier alpha value is -2.56. The van der Waals surface area contributed by atoms with Gasteiger partial charge in [0.1, 0.15) is 17.7 Å². The molecule has 4 N–H and O–H groups in total. The molecular formula is C26H44N4O7. The molecule has 3 heterocycles. The van der Waals surface area contributed by atoms with Crippen molar-refractivity contribution >= 4 is 24.0 Å². The zero-order chi connectivity index (χ0) is 27.3. The molecule has 3 aliphatic rings. The normalized spacial score (nSPS) is 26.9. The van der Waals surface area contributed by atoms with E-state index in [4.69, 9.17) is 9.47 Å². The number of fused-ring (bicyclic) bond motifs is 2. The quantitative estimate of drug-likeness (QED) is 0.361. The zero-order valence-electron chi connectivity index (χ0n) is 22.7. The van der Waals surface area contributed by atoms with Gasteiger partial charge in [-0.1, -0.05) is 13.8 Å². The molecule has 11 heteroatoms. The number of carbonyl (C=O) groups excluding carboxylic acids is 4. The lowest BCUT2D eigenvalue weighted by atomic mass is 9.97. The lowest BCUT2D eigenvalue weighted by molar-refractivity contribution is -0.126. The van der Waals surface area contributed by atoms with Crippen LogP contribution in [0.1, 0.15) is 79.6 Å². The summed E-state index contributed by atoms with van der Waals surface area (Å²) in [6.45, 7) is 9.71. The molecule has 11 nitrogen and oxygen atoms in total. The fraction of sp³-hybridized carbons (Fsp3) is 0.846. The standard InChI is InChI=1S/C26H44N4O7/c1-15(2)10-21(23(33)28-17(14-31)11-16-8-9-27-22(16)32)29-24(34)36-20-12-18-6-7-19(13-20)30(18)25(35)37-26(3,4)5/h15-21,31H,6-14H2,1-5H3,(H,27,32)(H,28,33)(H,29,34)/t16-,17-,18-,19+,20?,21-/m0/s1. The van der Waals surface area contributed by atoms with Crippen molar-refractivity contribution in [2.45, 2.75) is 115 Å². The van der Waals surface area contributed by atoms with Crippen LogP contribution in [-0.2, 0) is 19.1 Å². The van der Waals surface area contributed by atoms with Crippen LogP contribution in [0.2, 0.25) is 0 Å². The van der Waals surface area contributed by atoms with Crippen molar-refractivity contribution in [3.8, 4) is 0 Å². The second kappa shape index (κ2) is 12.3. The first kappa shape index (κ1) is 29.0. The summed E-state index contributed by atoms with van der Waals surface area (Å²) in [6, 6.07) is -1.50. The van der Waals surface area contributed by atoms with Crippen molar-refractivity contribution in [1.29, 1.82) is 0 Å². The molecule has 6 atom stereocenters. The van der Waals surface area contributed by atoms with Gasteiger partial charge in [0.05, 0.1) is 12.6 Å². The molecule has 0 saturated carbocycles. The largest absolute Gasteiger partial charge is 0.446 e. The highest BCUT2D eigenvalue weighted by Gasteiger charge is 2.46. The fourth-order valence-corrected chi connectivity index (χ4v) is 5.56. The van der Waals surface area contributed by atoms with Crippen LogP contribution >= 0.6 is 0 Å². The maximum Gasteiger partial charge on any atom is 0.410 e. The molecule has 210 valence electrons. The SMILES string of the molecule is CC(C)C[C@H](NC(=O)OC1C[C@H]2CC[C@@H](C1)N2C(=O)OC(C)(C)C)C(=O)N[C@H](CO)C[C@@H]1CCNC1=O. The molecule has 0 aromatic rings. The first-order chi connectivity index (χ1) is 17.4. The fourth-order valence-electron chi connectivity index (χ4n) is 5.56. The third-order valence-electron chi connectivity index (χ3n) is 7.18. The van der Waals surface area contributed by atoms with E-state index in [1.807, 2.05) is 34.6 Å². The Morgan fingerprint density at radius 3 is 2.27 bits per heavy atom. The highest BCUT2D eigenvalue weighted by molar-refractivity contribution is 5.86. The minimum absolute atomic E-state index is 0.0424. The Labute approximate surface area is 219 Å². The Balaban J connectivity index is 1.53. The van der Waals surface area contributed by atoms with Crippen LogP contribution in [0.25, 0.3) is 0 Å². The van der Waals surface area contributed by atoms with Crippen molar-refractivity contribution in [3.05, 3.63) is 0 Å². The van der Waals surface area contributed by atoms with Crippen molar-refractivity contribution in [3.63, 3.8) is 0 Å². The van der Waals surface area contributed by atoms with Gasteiger partial charge in [-0.25, -0.2) is 9.59 Å². The van der Waals surface area contributed by atoms with Crippen molar-refractivity contribution in [2.24, 2.45) is 11.8 Å². The molecule has 37 heavy (non-hydrogen) atoms. The number of rotatable bonds is 9. The summed E-state index contributed by atoms with van der Waals surface area (Å²) in [7, 11) is 0. The molecule has 0 aliphatic carbocycles. The van der Waals surface area contributed by atoms with Crippen molar-refractivity contribution < 1.29 is 33.8 Å². The number of amides is 4. The number of hydrogen-bond donors (Lipinski definition) is 4. The molecule has 4 amide bonds. The van der Waals surface area contributed by atoms with E-state index >= 15 is 0 Å². The van der Waals surface area contributed by atoms with E-state index < -0.39 is 29.7 Å². The third-order valence-corrected chi connectivity index (χ3v) is 7.18. The third kappa shape index (κ3) is 8.21. The summed E-state index contributed by atoms with van der Waals surface area (Å²) < 4.78 is 11.3. The summed E-state index contributed by atoms with van der Waals surface area (Å²) in [4.78, 5) is 52.2. The number of hydrogen-bond acceptors (Lipinski definition) is 7. The molecule has 3 fully saturated rings. The average molecular weight is 525 g/mol. The number of piperidine rings is 1. The second-order valence-electron chi connectivity index (χ2n) is 12.0. The van der Waals surface area contributed by atoms with Gasteiger partial charge in [-0.3, -0.25) is 9.59 Å². The lowest BCUT2D eigenvalue weighted by Crippen LogP contribution is -2.53. The van der Waals surface area contributed by atoms with Crippen molar-refractivity contribution in [2.75, 3.05) is 13.2 Å². The molecule has 0 radical (unpaired) electrons. The second-order valence-corrected chi connectivity index (χ2v) is 12.0. The summed E-state index contributed by atoms with van der Waals surface area (Å²) in [5, 5.41) is 18.0. The zero-order valence-corrected chi connectivity index (χ0v) is 22.7. The minimum atomic E-state index is -0.836. The van der Waals surface area contributed by atoms with Gasteiger partial charge in [0.15, 0.2) is 0 Å². The number of carbonyl (C=O) groups is 4. The van der Waals surface area contributed by atoms with E-state index in [9.17, 15) is 24.3 Å². The maximum absolute atomic E-state index is 13.0. The van der Waals surface area contributed by atoms with E-state index in [2.05, 4.69) is 16.0 Å². The molecule has 1 unspecified atom stereocenters. The summed E-state index contributed by atoms with van der Waals surface area (Å²) in [5.74, 6) is -0.610. The summed E-state index contributed by atoms with van der Waals surface area (Å²) in [5.41, 5.74) is -0.575. The van der Waals surface area contributed by atoms with Gasteiger partial charge in [-0.2, -0.15) is 0 Å². The van der Waals surface area contributed by atoms with Crippen LogP contribution in [-0.4, -0.2) is 83.0 Å². The number of nitrogens with zero attached hydrogens (tertiary/aromatic N) is 1. The van der Waals surface area contributed by atoms with Crippen LogP contribution in [0.4, 0.5) is 9.59 Å². The van der Waals surface area contributed by atoms with E-state index in [0.717, 1.165) is 12.8 Å². The average Bonchev–Trinajstić information content (AvgIpc) is 3.30. The van der Waals surface area contributed by atoms with Crippen LogP contribution in [0.15, 0.2) is 0 Å². The number of alkyl carbamates (subject to hydrolysis) is 1. The van der Waals surface area contributed by atoms with Crippen molar-refractivity contribution in [1.82, 2.24) is 20.9 Å². The molecule has 3 rings (SSSR count). The van der Waals surface area contributed by atoms with E-state index in [1.54, 1.807) is 4.90 Å². The lowest BCUT2D eigenvalue weighted by Gasteiger charge is -2.39. The highest BCUT2D eigenvalue weighted by Crippen LogP contribution is 2.38. The van der Waals surface area contributed by atoms with Crippen LogP contribution in [0.5, 0.6) is 0 Å². The van der Waals surface area contributed by atoms with E-state index in [0.29, 0.717) is 38.6 Å². The van der Waals surface area contributed by atoms with Crippen LogP contribution < -0.4 is 16.0 Å². The topological polar surface area (TPSA) is 146 Å². The summed E-state index contributed by atoms with van der Waals surface area (Å²) in [6.07, 6.45) is 2.77. The predicted molar refractivity (Wildman–Crippen MR) is 136 cm³/mol. The van der Waals surface area contributed by atoms with Gasteiger partial charge >= 0.3 is 12.2 Å².